The SMILES string of the molecule is COc1cc(/C=C(\C#N)c2nc3ccccc3[nH]2)ccc1Oc1nc2c(c(=O)n(C)c(=O)n2C)n1C. The Bertz CT molecular complexity index is 1810. The molecular formula is C25H21N7O4. The van der Waals surface area contributed by atoms with Gasteiger partial charge in [0.1, 0.15) is 11.9 Å². The number of para-hydroxylation sites is 2. The van der Waals surface area contributed by atoms with Gasteiger partial charge in [-0.25, -0.2) is 9.78 Å². The number of aromatic amines is 1. The molecule has 3 heterocycles. The molecule has 0 radical (unpaired) electrons. The minimum Gasteiger partial charge on any atom is -0.493 e. The predicted octanol–water partition coefficient (Wildman–Crippen LogP) is 2.71. The molecule has 11 nitrogen and oxygen atoms in total. The number of aromatic nitrogens is 6. The number of hydrogen-bond donors (Lipinski definition) is 1. The second-order valence-corrected chi connectivity index (χ2v) is 8.12. The summed E-state index contributed by atoms with van der Waals surface area (Å²) in [5, 5.41) is 9.73. The van der Waals surface area contributed by atoms with Crippen LogP contribution in [0.3, 0.4) is 0 Å². The summed E-state index contributed by atoms with van der Waals surface area (Å²) in [6.45, 7) is 0. The van der Waals surface area contributed by atoms with Gasteiger partial charge in [0.25, 0.3) is 5.56 Å². The molecular weight excluding hydrogens is 462 g/mol. The molecule has 0 spiro atoms. The van der Waals surface area contributed by atoms with E-state index in [0.717, 1.165) is 15.6 Å². The fraction of sp³-hybridized carbons (Fsp3) is 0.160. The zero-order valence-corrected chi connectivity index (χ0v) is 19.9. The molecule has 0 saturated carbocycles. The van der Waals surface area contributed by atoms with E-state index >= 15 is 0 Å². The number of rotatable bonds is 5. The van der Waals surface area contributed by atoms with Gasteiger partial charge in [-0.05, 0) is 35.9 Å². The van der Waals surface area contributed by atoms with Crippen LogP contribution < -0.4 is 20.7 Å². The van der Waals surface area contributed by atoms with Gasteiger partial charge < -0.3 is 14.5 Å². The first-order valence-corrected chi connectivity index (χ1v) is 10.9. The lowest BCUT2D eigenvalue weighted by Gasteiger charge is -2.10. The second-order valence-electron chi connectivity index (χ2n) is 8.12. The zero-order valence-electron chi connectivity index (χ0n) is 19.9. The van der Waals surface area contributed by atoms with Crippen molar-refractivity contribution >= 4 is 33.8 Å². The van der Waals surface area contributed by atoms with E-state index in [1.54, 1.807) is 31.3 Å². The average molecular weight is 483 g/mol. The summed E-state index contributed by atoms with van der Waals surface area (Å²) in [7, 11) is 6.08. The van der Waals surface area contributed by atoms with E-state index in [4.69, 9.17) is 9.47 Å². The summed E-state index contributed by atoms with van der Waals surface area (Å²) in [5.74, 6) is 1.20. The largest absolute Gasteiger partial charge is 0.493 e. The zero-order chi connectivity index (χ0) is 25.6. The lowest BCUT2D eigenvalue weighted by Crippen LogP contribution is -2.37. The van der Waals surface area contributed by atoms with Gasteiger partial charge in [0.05, 0.1) is 23.7 Å². The number of benzene rings is 2. The van der Waals surface area contributed by atoms with Crippen LogP contribution in [-0.2, 0) is 21.1 Å². The molecule has 0 atom stereocenters. The first kappa shape index (κ1) is 22.7. The number of aryl methyl sites for hydroxylation is 2. The van der Waals surface area contributed by atoms with E-state index in [2.05, 4.69) is 21.0 Å². The highest BCUT2D eigenvalue weighted by Gasteiger charge is 2.19. The molecule has 0 bridgehead atoms. The van der Waals surface area contributed by atoms with E-state index < -0.39 is 11.2 Å². The molecule has 0 amide bonds. The van der Waals surface area contributed by atoms with Crippen molar-refractivity contribution in [2.24, 2.45) is 21.1 Å². The molecule has 0 unspecified atom stereocenters. The first-order chi connectivity index (χ1) is 17.3. The van der Waals surface area contributed by atoms with Crippen LogP contribution >= 0.6 is 0 Å². The third-order valence-corrected chi connectivity index (χ3v) is 5.90. The molecule has 0 aliphatic heterocycles. The van der Waals surface area contributed by atoms with E-state index in [1.807, 2.05) is 24.3 Å². The van der Waals surface area contributed by atoms with Crippen LogP contribution in [0.1, 0.15) is 11.4 Å². The summed E-state index contributed by atoms with van der Waals surface area (Å²) in [4.78, 5) is 36.9. The van der Waals surface area contributed by atoms with Crippen molar-refractivity contribution in [1.29, 1.82) is 5.26 Å². The van der Waals surface area contributed by atoms with Crippen molar-refractivity contribution in [2.75, 3.05) is 7.11 Å². The van der Waals surface area contributed by atoms with Gasteiger partial charge in [0, 0.05) is 21.1 Å². The quantitative estimate of drug-likeness (QED) is 0.380. The summed E-state index contributed by atoms with van der Waals surface area (Å²) >= 11 is 0. The molecule has 11 heteroatoms. The Labute approximate surface area is 204 Å². The summed E-state index contributed by atoms with van der Waals surface area (Å²) in [6.07, 6.45) is 1.69. The second kappa shape index (κ2) is 8.59. The number of hydrogen-bond acceptors (Lipinski definition) is 7. The highest BCUT2D eigenvalue weighted by atomic mass is 16.5. The van der Waals surface area contributed by atoms with E-state index in [1.165, 1.54) is 30.3 Å². The maximum absolute atomic E-state index is 12.6. The minimum atomic E-state index is -0.483. The molecule has 0 aliphatic carbocycles. The summed E-state index contributed by atoms with van der Waals surface area (Å²) in [6, 6.07) is 15.0. The Morgan fingerprint density at radius 3 is 2.53 bits per heavy atom. The van der Waals surface area contributed by atoms with E-state index in [0.29, 0.717) is 28.5 Å². The number of nitriles is 1. The molecule has 5 rings (SSSR count). The topological polar surface area (TPSA) is 133 Å². The average Bonchev–Trinajstić information content (AvgIpc) is 3.46. The number of H-pyrrole nitrogens is 1. The Morgan fingerprint density at radius 1 is 1.03 bits per heavy atom. The summed E-state index contributed by atoms with van der Waals surface area (Å²) in [5.41, 5.74) is 2.14. The molecule has 1 N–H and O–H groups in total. The van der Waals surface area contributed by atoms with Crippen LogP contribution in [0.4, 0.5) is 0 Å². The van der Waals surface area contributed by atoms with Gasteiger partial charge >= 0.3 is 11.7 Å². The molecule has 3 aromatic heterocycles. The number of nitrogens with one attached hydrogen (secondary N) is 1. The Morgan fingerprint density at radius 2 is 1.81 bits per heavy atom. The van der Waals surface area contributed by atoms with Gasteiger partial charge in [-0.3, -0.25) is 18.5 Å². The van der Waals surface area contributed by atoms with Gasteiger partial charge in [0.2, 0.25) is 0 Å². The molecule has 0 saturated heterocycles. The highest BCUT2D eigenvalue weighted by Crippen LogP contribution is 2.33. The number of imidazole rings is 2. The Kier molecular flexibility index (Phi) is 5.41. The van der Waals surface area contributed by atoms with Crippen LogP contribution in [0, 0.1) is 11.3 Å². The van der Waals surface area contributed by atoms with Gasteiger partial charge in [-0.15, -0.1) is 0 Å². The third-order valence-electron chi connectivity index (χ3n) is 5.90. The van der Waals surface area contributed by atoms with Crippen molar-refractivity contribution in [1.82, 2.24) is 28.7 Å². The maximum atomic E-state index is 12.6. The maximum Gasteiger partial charge on any atom is 0.332 e. The van der Waals surface area contributed by atoms with Crippen molar-refractivity contribution in [3.63, 3.8) is 0 Å². The number of methoxy groups -OCH3 is 1. The number of fused-ring (bicyclic) bond motifs is 2. The normalized spacial score (nSPS) is 11.7. The molecule has 5 aromatic rings. The van der Waals surface area contributed by atoms with Crippen molar-refractivity contribution in [2.45, 2.75) is 0 Å². The first-order valence-electron chi connectivity index (χ1n) is 10.9. The highest BCUT2D eigenvalue weighted by molar-refractivity contribution is 5.90. The van der Waals surface area contributed by atoms with Crippen LogP contribution in [0.15, 0.2) is 52.1 Å². The fourth-order valence-electron chi connectivity index (χ4n) is 3.95. The number of nitrogens with zero attached hydrogens (tertiary/aromatic N) is 6. The number of allylic oxidation sites excluding steroid dienone is 1. The third kappa shape index (κ3) is 3.61. The van der Waals surface area contributed by atoms with Crippen molar-refractivity contribution in [3.8, 4) is 23.6 Å². The lowest BCUT2D eigenvalue weighted by atomic mass is 10.1. The molecule has 0 fully saturated rings. The fourth-order valence-corrected chi connectivity index (χ4v) is 3.95. The smallest absolute Gasteiger partial charge is 0.332 e. The Balaban J connectivity index is 1.52. The van der Waals surface area contributed by atoms with Crippen molar-refractivity contribution in [3.05, 3.63) is 74.7 Å². The van der Waals surface area contributed by atoms with Crippen LogP contribution in [0.5, 0.6) is 17.5 Å². The standard InChI is InChI=1S/C25H21N7O4/c1-30-20-22(31(2)25(34)32(3)23(20)33)29-24(30)36-18-10-9-14(12-19(18)35-4)11-15(13-26)21-27-16-7-5-6-8-17(16)28-21/h5-12H,1-4H3,(H,27,28)/b15-11+. The lowest BCUT2D eigenvalue weighted by molar-refractivity contribution is 0.363. The minimum absolute atomic E-state index is 0.116. The monoisotopic (exact) mass is 483 g/mol. The molecule has 180 valence electrons. The van der Waals surface area contributed by atoms with Gasteiger partial charge in [0.15, 0.2) is 22.7 Å². The molecule has 0 aliphatic rings. The Hall–Kier alpha value is -5.11. The van der Waals surface area contributed by atoms with Crippen LogP contribution in [0.25, 0.3) is 33.8 Å². The molecule has 2 aromatic carbocycles. The van der Waals surface area contributed by atoms with E-state index in [9.17, 15) is 14.9 Å². The van der Waals surface area contributed by atoms with Crippen LogP contribution in [0.2, 0.25) is 0 Å². The van der Waals surface area contributed by atoms with Gasteiger partial charge in [-0.2, -0.15) is 10.2 Å². The number of ether oxygens (including phenoxy) is 2. The van der Waals surface area contributed by atoms with E-state index in [-0.39, 0.29) is 17.2 Å². The molecule has 36 heavy (non-hydrogen) atoms. The van der Waals surface area contributed by atoms with Crippen molar-refractivity contribution < 1.29 is 9.47 Å². The van der Waals surface area contributed by atoms with Gasteiger partial charge in [-0.1, -0.05) is 18.2 Å². The predicted molar refractivity (Wildman–Crippen MR) is 134 cm³/mol. The summed E-state index contributed by atoms with van der Waals surface area (Å²) < 4.78 is 15.3. The van der Waals surface area contributed by atoms with Crippen LogP contribution in [-0.4, -0.2) is 35.8 Å².